The Labute approximate surface area is 85.3 Å². The Morgan fingerprint density at radius 2 is 1.92 bits per heavy atom. The summed E-state index contributed by atoms with van der Waals surface area (Å²) in [5, 5.41) is 0. The van der Waals surface area contributed by atoms with Crippen molar-refractivity contribution in [3.05, 3.63) is 29.8 Å². The molecule has 0 N–H and O–H groups in total. The third-order valence-electron chi connectivity index (χ3n) is 1.81. The molecule has 13 heavy (non-hydrogen) atoms. The predicted molar refractivity (Wildman–Crippen MR) is 60.1 cm³/mol. The fraction of sp³-hybridized carbons (Fsp3) is 0.455. The molecule has 1 rings (SSSR count). The Morgan fingerprint density at radius 1 is 1.23 bits per heavy atom. The zero-order valence-electron chi connectivity index (χ0n) is 8.74. The molecule has 0 saturated heterocycles. The van der Waals surface area contributed by atoms with Crippen LogP contribution in [0.15, 0.2) is 29.2 Å². The molecule has 1 aromatic carbocycles. The maximum absolute atomic E-state index is 2.26. The summed E-state index contributed by atoms with van der Waals surface area (Å²) >= 11 is 1.76. The van der Waals surface area contributed by atoms with E-state index in [1.54, 1.807) is 11.9 Å². The van der Waals surface area contributed by atoms with Crippen LogP contribution in [-0.4, -0.2) is 18.4 Å². The van der Waals surface area contributed by atoms with E-state index in [0.717, 1.165) is 0 Å². The van der Waals surface area contributed by atoms with Gasteiger partial charge >= 0.3 is 0 Å². The molecule has 0 aliphatic rings. The summed E-state index contributed by atoms with van der Waals surface area (Å²) in [4.78, 5) is 1.32. The summed E-state index contributed by atoms with van der Waals surface area (Å²) in [6.07, 6.45) is 0. The fourth-order valence-corrected chi connectivity index (χ4v) is 1.89. The molecule has 1 aromatic rings. The minimum atomic E-state index is 0.614. The van der Waals surface area contributed by atoms with Crippen LogP contribution in [0, 0.1) is 0 Å². The Bertz CT molecular complexity index is 269. The Kier molecular flexibility index (Phi) is 3.82. The lowest BCUT2D eigenvalue weighted by molar-refractivity contribution is 0.702. The molecular formula is C11H17NS. The van der Waals surface area contributed by atoms with E-state index in [9.17, 15) is 0 Å². The molecule has 0 aliphatic heterocycles. The van der Waals surface area contributed by atoms with Crippen molar-refractivity contribution in [2.24, 2.45) is 0 Å². The smallest absolute Gasteiger partial charge is 0.0232 e. The van der Waals surface area contributed by atoms with E-state index in [4.69, 9.17) is 0 Å². The van der Waals surface area contributed by atoms with Gasteiger partial charge in [0, 0.05) is 4.90 Å². The third kappa shape index (κ3) is 3.41. The van der Waals surface area contributed by atoms with Gasteiger partial charge in [0.2, 0.25) is 0 Å². The van der Waals surface area contributed by atoms with Gasteiger partial charge in [-0.1, -0.05) is 26.0 Å². The summed E-state index contributed by atoms with van der Waals surface area (Å²) in [5.41, 5.74) is 1.41. The summed E-state index contributed by atoms with van der Waals surface area (Å²) in [6, 6.07) is 8.72. The van der Waals surface area contributed by atoms with Crippen molar-refractivity contribution in [3.63, 3.8) is 0 Å². The molecule has 1 nitrogen and oxygen atoms in total. The van der Waals surface area contributed by atoms with Crippen LogP contribution in [0.4, 0.5) is 0 Å². The number of nitrogens with zero attached hydrogens (tertiary/aromatic N) is 1. The summed E-state index contributed by atoms with van der Waals surface area (Å²) in [6.45, 7) is 4.44. The van der Waals surface area contributed by atoms with E-state index in [-0.39, 0.29) is 0 Å². The van der Waals surface area contributed by atoms with Crippen molar-refractivity contribution in [2.45, 2.75) is 24.7 Å². The van der Waals surface area contributed by atoms with Crippen molar-refractivity contribution < 1.29 is 0 Å². The highest BCUT2D eigenvalue weighted by atomic mass is 32.2. The van der Waals surface area contributed by atoms with Crippen LogP contribution in [0.2, 0.25) is 0 Å². The van der Waals surface area contributed by atoms with Gasteiger partial charge in [0.05, 0.1) is 0 Å². The summed E-state index contributed by atoms with van der Waals surface area (Å²) < 4.78 is 2.11. The maximum Gasteiger partial charge on any atom is 0.0232 e. The van der Waals surface area contributed by atoms with Gasteiger partial charge in [-0.25, -0.2) is 0 Å². The molecule has 0 spiro atoms. The van der Waals surface area contributed by atoms with E-state index in [2.05, 4.69) is 56.5 Å². The van der Waals surface area contributed by atoms with Gasteiger partial charge < -0.3 is 0 Å². The molecule has 0 amide bonds. The fourth-order valence-electron chi connectivity index (χ4n) is 1.14. The average molecular weight is 195 g/mol. The second-order valence-corrected chi connectivity index (χ2v) is 5.02. The first kappa shape index (κ1) is 10.6. The number of hydrogen-bond donors (Lipinski definition) is 0. The SMILES string of the molecule is CC(C)c1cccc(SN(C)C)c1. The third-order valence-corrected chi connectivity index (χ3v) is 2.64. The molecular weight excluding hydrogens is 178 g/mol. The van der Waals surface area contributed by atoms with Gasteiger partial charge in [0.15, 0.2) is 0 Å². The second kappa shape index (κ2) is 4.68. The van der Waals surface area contributed by atoms with E-state index in [1.165, 1.54) is 10.5 Å². The van der Waals surface area contributed by atoms with Crippen LogP contribution in [0.25, 0.3) is 0 Å². The van der Waals surface area contributed by atoms with Gasteiger partial charge in [-0.15, -0.1) is 0 Å². The molecule has 0 heterocycles. The standard InChI is InChI=1S/C11H17NS/c1-9(2)10-6-5-7-11(8-10)13-12(3)4/h5-9H,1-4H3. The minimum Gasteiger partial charge on any atom is -0.253 e. The van der Waals surface area contributed by atoms with Crippen LogP contribution >= 0.6 is 11.9 Å². The quantitative estimate of drug-likeness (QED) is 0.680. The normalized spacial score (nSPS) is 11.2. The van der Waals surface area contributed by atoms with E-state index >= 15 is 0 Å². The minimum absolute atomic E-state index is 0.614. The lowest BCUT2D eigenvalue weighted by Gasteiger charge is -2.11. The first-order chi connectivity index (χ1) is 6.09. The molecule has 0 fully saturated rings. The zero-order valence-corrected chi connectivity index (χ0v) is 9.56. The summed E-state index contributed by atoms with van der Waals surface area (Å²) in [7, 11) is 4.12. The van der Waals surface area contributed by atoms with Crippen LogP contribution < -0.4 is 0 Å². The van der Waals surface area contributed by atoms with Gasteiger partial charge in [-0.05, 0) is 49.7 Å². The van der Waals surface area contributed by atoms with Crippen LogP contribution in [0.5, 0.6) is 0 Å². The van der Waals surface area contributed by atoms with Crippen LogP contribution in [-0.2, 0) is 0 Å². The topological polar surface area (TPSA) is 3.24 Å². The maximum atomic E-state index is 2.26. The van der Waals surface area contributed by atoms with Gasteiger partial charge in [0.1, 0.15) is 0 Å². The van der Waals surface area contributed by atoms with E-state index < -0.39 is 0 Å². The molecule has 0 saturated carbocycles. The zero-order chi connectivity index (χ0) is 9.84. The van der Waals surface area contributed by atoms with Gasteiger partial charge in [-0.2, -0.15) is 0 Å². The average Bonchev–Trinajstić information content (AvgIpc) is 2.03. The van der Waals surface area contributed by atoms with Gasteiger partial charge in [0.25, 0.3) is 0 Å². The lowest BCUT2D eigenvalue weighted by Crippen LogP contribution is -1.99. The Morgan fingerprint density at radius 3 is 2.46 bits per heavy atom. The van der Waals surface area contributed by atoms with Crippen molar-refractivity contribution >= 4 is 11.9 Å². The van der Waals surface area contributed by atoms with Crippen molar-refractivity contribution in [1.82, 2.24) is 4.31 Å². The molecule has 0 unspecified atom stereocenters. The Hall–Kier alpha value is -0.470. The number of hydrogen-bond acceptors (Lipinski definition) is 2. The van der Waals surface area contributed by atoms with Crippen LogP contribution in [0.3, 0.4) is 0 Å². The molecule has 0 radical (unpaired) electrons. The summed E-state index contributed by atoms with van der Waals surface area (Å²) in [5.74, 6) is 0.614. The predicted octanol–water partition coefficient (Wildman–Crippen LogP) is 3.38. The highest BCUT2D eigenvalue weighted by Gasteiger charge is 2.01. The first-order valence-electron chi connectivity index (χ1n) is 4.55. The number of rotatable bonds is 3. The molecule has 72 valence electrons. The number of benzene rings is 1. The monoisotopic (exact) mass is 195 g/mol. The van der Waals surface area contributed by atoms with Crippen LogP contribution in [0.1, 0.15) is 25.3 Å². The van der Waals surface area contributed by atoms with Crippen molar-refractivity contribution in [1.29, 1.82) is 0 Å². The Balaban J connectivity index is 2.79. The van der Waals surface area contributed by atoms with E-state index in [1.807, 2.05) is 0 Å². The first-order valence-corrected chi connectivity index (χ1v) is 5.32. The molecule has 0 aromatic heterocycles. The highest BCUT2D eigenvalue weighted by Crippen LogP contribution is 2.23. The molecule has 2 heteroatoms. The second-order valence-electron chi connectivity index (χ2n) is 3.63. The van der Waals surface area contributed by atoms with Crippen molar-refractivity contribution in [2.75, 3.05) is 14.1 Å². The van der Waals surface area contributed by atoms with Crippen molar-refractivity contribution in [3.8, 4) is 0 Å². The highest BCUT2D eigenvalue weighted by molar-refractivity contribution is 7.97. The molecule has 0 aliphatic carbocycles. The largest absolute Gasteiger partial charge is 0.253 e. The van der Waals surface area contributed by atoms with Gasteiger partial charge in [-0.3, -0.25) is 4.31 Å². The van der Waals surface area contributed by atoms with E-state index in [0.29, 0.717) is 5.92 Å². The molecule has 0 atom stereocenters. The lowest BCUT2D eigenvalue weighted by atomic mass is 10.0. The molecule has 0 bridgehead atoms.